The summed E-state index contributed by atoms with van der Waals surface area (Å²) in [6, 6.07) is 56.0. The zero-order valence-electron chi connectivity index (χ0n) is 27.7. The lowest BCUT2D eigenvalue weighted by molar-refractivity contribution is 0.796. The van der Waals surface area contributed by atoms with Crippen LogP contribution in [0.15, 0.2) is 197 Å². The third-order valence-corrected chi connectivity index (χ3v) is 14.1. The van der Waals surface area contributed by atoms with Gasteiger partial charge in [0.1, 0.15) is 0 Å². The highest BCUT2D eigenvalue weighted by atomic mass is 32.3. The number of hydrogen-bond donors (Lipinski definition) is 0. The van der Waals surface area contributed by atoms with Gasteiger partial charge in [-0.2, -0.15) is 15.0 Å². The molecule has 0 N–H and O–H groups in total. The second-order valence-electron chi connectivity index (χ2n) is 12.8. The molecule has 1 aliphatic carbocycles. The lowest BCUT2D eigenvalue weighted by Crippen LogP contribution is -2.23. The molecule has 0 bridgehead atoms. The van der Waals surface area contributed by atoms with Crippen LogP contribution in [0.5, 0.6) is 0 Å². The van der Waals surface area contributed by atoms with Crippen molar-refractivity contribution in [3.05, 3.63) is 182 Å². The van der Waals surface area contributed by atoms with Crippen LogP contribution < -0.4 is 0 Å². The van der Waals surface area contributed by atoms with E-state index in [9.17, 15) is 0 Å². The molecule has 244 valence electrons. The molecule has 0 radical (unpaired) electrons. The van der Waals surface area contributed by atoms with Crippen molar-refractivity contribution in [2.24, 2.45) is 0 Å². The maximum atomic E-state index is 5.65. The fraction of sp³-hybridized carbons (Fsp3) is 0.0444. The van der Waals surface area contributed by atoms with E-state index in [0.29, 0.717) is 11.9 Å². The molecule has 0 spiro atoms. The molecule has 3 heterocycles. The Kier molecular flexibility index (Phi) is 6.96. The first kappa shape index (κ1) is 29.7. The number of para-hydroxylation sites is 4. The van der Waals surface area contributed by atoms with E-state index in [4.69, 9.17) is 15.0 Å². The standard InChI is InChI=1S/C45H33N5S/c1-4-18-32(19-5-1)51(33-20-6-2-7-21-33,34-22-8-3-9-23-34)45-47-43(49-39-28-14-10-24-35(39)36-25-11-15-29-40(36)49)46-44(48-45)50-41-30-16-12-26-37(41)38-27-13-17-31-42(38)50/h1-22,24-31,34H,23H2. The zero-order valence-corrected chi connectivity index (χ0v) is 28.6. The van der Waals surface area contributed by atoms with Gasteiger partial charge in [-0.05, 0) is 55.0 Å². The number of hydrogen-bond acceptors (Lipinski definition) is 3. The van der Waals surface area contributed by atoms with Crippen molar-refractivity contribution in [1.82, 2.24) is 24.1 Å². The van der Waals surface area contributed by atoms with Gasteiger partial charge in [-0.1, -0.05) is 133 Å². The van der Waals surface area contributed by atoms with E-state index >= 15 is 0 Å². The van der Waals surface area contributed by atoms with Gasteiger partial charge in [-0.15, -0.1) is 10.0 Å². The molecule has 0 saturated heterocycles. The molecule has 6 heteroatoms. The molecule has 51 heavy (non-hydrogen) atoms. The van der Waals surface area contributed by atoms with Crippen LogP contribution in [0.25, 0.3) is 55.5 Å². The van der Waals surface area contributed by atoms with Crippen LogP contribution in [-0.2, 0) is 0 Å². The third-order valence-electron chi connectivity index (χ3n) is 10.1. The molecule has 0 saturated carbocycles. The minimum absolute atomic E-state index is 0.117. The summed E-state index contributed by atoms with van der Waals surface area (Å²) in [6.45, 7) is 0. The topological polar surface area (TPSA) is 48.5 Å². The fourth-order valence-electron chi connectivity index (χ4n) is 7.88. The van der Waals surface area contributed by atoms with Crippen molar-refractivity contribution in [1.29, 1.82) is 0 Å². The van der Waals surface area contributed by atoms with E-state index in [1.54, 1.807) is 0 Å². The summed E-state index contributed by atoms with van der Waals surface area (Å²) < 4.78 is 4.45. The largest absolute Gasteiger partial charge is 0.278 e. The van der Waals surface area contributed by atoms with Gasteiger partial charge < -0.3 is 0 Å². The van der Waals surface area contributed by atoms with Gasteiger partial charge in [0.05, 0.1) is 22.1 Å². The molecule has 0 amide bonds. The van der Waals surface area contributed by atoms with Crippen LogP contribution in [0.4, 0.5) is 0 Å². The molecule has 10 rings (SSSR count). The van der Waals surface area contributed by atoms with Crippen molar-refractivity contribution in [2.75, 3.05) is 0 Å². The number of aromatic nitrogens is 5. The Morgan fingerprint density at radius 2 is 0.824 bits per heavy atom. The van der Waals surface area contributed by atoms with Crippen molar-refractivity contribution >= 4 is 53.6 Å². The third kappa shape index (κ3) is 4.53. The Balaban J connectivity index is 1.39. The molecule has 1 unspecified atom stereocenters. The van der Waals surface area contributed by atoms with E-state index in [0.717, 1.165) is 33.6 Å². The summed E-state index contributed by atoms with van der Waals surface area (Å²) in [7, 11) is -2.10. The van der Waals surface area contributed by atoms with Crippen LogP contribution in [0.3, 0.4) is 0 Å². The van der Waals surface area contributed by atoms with Crippen LogP contribution in [0.2, 0.25) is 0 Å². The van der Waals surface area contributed by atoms with Gasteiger partial charge in [-0.25, -0.2) is 0 Å². The molecule has 1 aliphatic rings. The smallest absolute Gasteiger partial charge is 0.240 e. The lowest BCUT2D eigenvalue weighted by atomic mass is 10.2. The summed E-state index contributed by atoms with van der Waals surface area (Å²) >= 11 is 0. The predicted molar refractivity (Wildman–Crippen MR) is 210 cm³/mol. The quantitative estimate of drug-likeness (QED) is 0.176. The van der Waals surface area contributed by atoms with Crippen molar-refractivity contribution in [3.63, 3.8) is 0 Å². The molecule has 3 aromatic heterocycles. The summed E-state index contributed by atoms with van der Waals surface area (Å²) in [6.07, 6.45) is 9.85. The monoisotopic (exact) mass is 675 g/mol. The van der Waals surface area contributed by atoms with Crippen LogP contribution >= 0.6 is 10.0 Å². The Morgan fingerprint density at radius 1 is 0.431 bits per heavy atom. The maximum absolute atomic E-state index is 5.65. The predicted octanol–water partition coefficient (Wildman–Crippen LogP) is 11.2. The van der Waals surface area contributed by atoms with E-state index in [1.807, 2.05) is 0 Å². The van der Waals surface area contributed by atoms with Crippen LogP contribution in [0.1, 0.15) is 6.42 Å². The summed E-state index contributed by atoms with van der Waals surface area (Å²) in [5.41, 5.74) is 4.24. The van der Waals surface area contributed by atoms with Gasteiger partial charge in [0, 0.05) is 36.6 Å². The van der Waals surface area contributed by atoms with Gasteiger partial charge in [0.25, 0.3) is 0 Å². The average Bonchev–Trinajstić information content (AvgIpc) is 3.73. The zero-order chi connectivity index (χ0) is 33.8. The molecule has 0 fully saturated rings. The highest BCUT2D eigenvalue weighted by Crippen LogP contribution is 2.71. The van der Waals surface area contributed by atoms with Gasteiger partial charge >= 0.3 is 0 Å². The molecule has 9 aromatic rings. The maximum Gasteiger partial charge on any atom is 0.240 e. The summed E-state index contributed by atoms with van der Waals surface area (Å²) in [4.78, 5) is 19.2. The minimum Gasteiger partial charge on any atom is -0.278 e. The molecule has 5 nitrogen and oxygen atoms in total. The summed E-state index contributed by atoms with van der Waals surface area (Å²) in [5.74, 6) is 1.21. The van der Waals surface area contributed by atoms with Gasteiger partial charge in [0.2, 0.25) is 11.9 Å². The van der Waals surface area contributed by atoms with Crippen LogP contribution in [0, 0.1) is 0 Å². The number of benzene rings is 6. The molecular formula is C45H33N5S. The number of fused-ring (bicyclic) bond motifs is 6. The minimum atomic E-state index is -2.10. The second-order valence-corrected chi connectivity index (χ2v) is 16.1. The SMILES string of the molecule is C1=CCC(S(c2ccccc2)(c2ccccc2)c2nc(-n3c4ccccc4c4ccccc43)nc(-n3c4ccccc4c4ccccc43)n2)C=C1. The Labute approximate surface area is 297 Å². The number of rotatable bonds is 6. The van der Waals surface area contributed by atoms with E-state index in [1.165, 1.54) is 31.3 Å². The Hall–Kier alpha value is -6.24. The van der Waals surface area contributed by atoms with E-state index < -0.39 is 10.0 Å². The van der Waals surface area contributed by atoms with Crippen molar-refractivity contribution in [2.45, 2.75) is 26.6 Å². The first-order valence-electron chi connectivity index (χ1n) is 17.3. The Bertz CT molecular complexity index is 2520. The first-order chi connectivity index (χ1) is 25.3. The Morgan fingerprint density at radius 3 is 1.22 bits per heavy atom. The first-order valence-corrected chi connectivity index (χ1v) is 19.0. The van der Waals surface area contributed by atoms with Gasteiger partial charge in [0.15, 0.2) is 5.16 Å². The molecule has 1 atom stereocenters. The number of allylic oxidation sites excluding steroid dienone is 3. The van der Waals surface area contributed by atoms with Crippen molar-refractivity contribution < 1.29 is 0 Å². The number of nitrogens with zero attached hydrogens (tertiary/aromatic N) is 5. The fourth-order valence-corrected chi connectivity index (χ4v) is 11.9. The van der Waals surface area contributed by atoms with E-state index in [2.05, 4.69) is 191 Å². The summed E-state index contributed by atoms with van der Waals surface area (Å²) in [5, 5.41) is 5.56. The van der Waals surface area contributed by atoms with E-state index in [-0.39, 0.29) is 5.25 Å². The average molecular weight is 676 g/mol. The lowest BCUT2D eigenvalue weighted by Gasteiger charge is -2.45. The van der Waals surface area contributed by atoms with Gasteiger partial charge in [-0.3, -0.25) is 9.13 Å². The molecule has 6 aromatic carbocycles. The normalized spacial score (nSPS) is 14.9. The molecule has 0 aliphatic heterocycles. The molecular weight excluding hydrogens is 643 g/mol. The van der Waals surface area contributed by atoms with Crippen LogP contribution in [-0.4, -0.2) is 29.3 Å². The highest BCUT2D eigenvalue weighted by molar-refractivity contribution is 8.34. The van der Waals surface area contributed by atoms with Crippen molar-refractivity contribution in [3.8, 4) is 11.9 Å². The second kappa shape index (κ2) is 12.0. The highest BCUT2D eigenvalue weighted by Gasteiger charge is 2.41.